The van der Waals surface area contributed by atoms with Crippen LogP contribution in [0, 0.1) is 27.7 Å². The summed E-state index contributed by atoms with van der Waals surface area (Å²) < 4.78 is 6.39. The van der Waals surface area contributed by atoms with Crippen molar-refractivity contribution in [2.75, 3.05) is 26.2 Å². The number of hydrogen-bond donors (Lipinski definition) is 0. The highest BCUT2D eigenvalue weighted by atomic mass is 35.5. The number of fused-ring (bicyclic) bond motifs is 3. The van der Waals surface area contributed by atoms with Gasteiger partial charge in [-0.05, 0) is 52.0 Å². The predicted molar refractivity (Wildman–Crippen MR) is 157 cm³/mol. The van der Waals surface area contributed by atoms with Crippen molar-refractivity contribution in [3.05, 3.63) is 88.0 Å². The number of quaternary nitrogens is 1. The van der Waals surface area contributed by atoms with Gasteiger partial charge >= 0.3 is 0 Å². The highest BCUT2D eigenvalue weighted by Gasteiger charge is 2.35. The van der Waals surface area contributed by atoms with E-state index in [4.69, 9.17) is 15.0 Å². The highest BCUT2D eigenvalue weighted by molar-refractivity contribution is 7.18. The van der Waals surface area contributed by atoms with Crippen LogP contribution >= 0.6 is 11.3 Å². The predicted octanol–water partition coefficient (Wildman–Crippen LogP) is 1.65. The Kier molecular flexibility index (Phi) is 7.27. The van der Waals surface area contributed by atoms with Gasteiger partial charge in [0.25, 0.3) is 0 Å². The molecule has 0 saturated carbocycles. The molecule has 41 heavy (non-hydrogen) atoms. The molecule has 0 bridgehead atoms. The summed E-state index contributed by atoms with van der Waals surface area (Å²) in [5, 5.41) is 1.19. The van der Waals surface area contributed by atoms with Crippen molar-refractivity contribution in [3.8, 4) is 0 Å². The number of aryl methyl sites for hydroxylation is 4. The van der Waals surface area contributed by atoms with Crippen molar-refractivity contribution in [2.45, 2.75) is 47.3 Å². The molecule has 0 amide bonds. The fourth-order valence-corrected chi connectivity index (χ4v) is 7.13. The summed E-state index contributed by atoms with van der Waals surface area (Å²) in [6, 6.07) is 12.6. The van der Waals surface area contributed by atoms with Gasteiger partial charge in [-0.2, -0.15) is 0 Å². The van der Waals surface area contributed by atoms with Gasteiger partial charge in [-0.1, -0.05) is 12.1 Å². The summed E-state index contributed by atoms with van der Waals surface area (Å²) in [5.74, 6) is 1.56. The van der Waals surface area contributed by atoms with Gasteiger partial charge in [-0.25, -0.2) is 24.9 Å². The topological polar surface area (TPSA) is 76.5 Å². The van der Waals surface area contributed by atoms with E-state index in [9.17, 15) is 0 Å². The molecule has 0 unspecified atom stereocenters. The second kappa shape index (κ2) is 10.8. The first-order chi connectivity index (χ1) is 19.3. The fourth-order valence-electron chi connectivity index (χ4n) is 6.12. The maximum Gasteiger partial charge on any atom is 0.234 e. The molecule has 0 spiro atoms. The van der Waals surface area contributed by atoms with Crippen molar-refractivity contribution < 1.29 is 16.9 Å². The normalized spacial score (nSPS) is 15.6. The van der Waals surface area contributed by atoms with Gasteiger partial charge in [0.05, 0.1) is 29.9 Å². The fraction of sp³-hybridized carbons (Fsp3) is 0.367. The van der Waals surface area contributed by atoms with Crippen LogP contribution < -0.4 is 12.4 Å². The molecule has 1 saturated heterocycles. The molecule has 0 N–H and O–H groups in total. The molecule has 5 aromatic heterocycles. The summed E-state index contributed by atoms with van der Waals surface area (Å²) in [5.41, 5.74) is 7.57. The molecule has 1 aromatic carbocycles. The smallest absolute Gasteiger partial charge is 0.234 e. The number of rotatable bonds is 6. The third-order valence-corrected chi connectivity index (χ3v) is 9.12. The average Bonchev–Trinajstić information content (AvgIpc) is 3.61. The van der Waals surface area contributed by atoms with Gasteiger partial charge in [-0.15, -0.1) is 11.3 Å². The number of para-hydroxylation sites is 1. The van der Waals surface area contributed by atoms with Crippen molar-refractivity contribution >= 4 is 33.1 Å². The number of aromatic nitrogens is 7. The maximum atomic E-state index is 4.97. The van der Waals surface area contributed by atoms with E-state index in [1.54, 1.807) is 0 Å². The number of hydrogen-bond acceptors (Lipinski definition) is 7. The molecule has 1 aliphatic rings. The van der Waals surface area contributed by atoms with Gasteiger partial charge in [-0.3, -0.25) is 13.7 Å². The molecule has 0 radical (unpaired) electrons. The first kappa shape index (κ1) is 27.7. The zero-order valence-corrected chi connectivity index (χ0v) is 25.5. The molecule has 0 aliphatic carbocycles. The monoisotopic (exact) mass is 587 g/mol. The van der Waals surface area contributed by atoms with E-state index in [0.717, 1.165) is 102 Å². The molecule has 1 fully saturated rings. The minimum Gasteiger partial charge on any atom is -1.00 e. The Morgan fingerprint density at radius 1 is 0.756 bits per heavy atom. The largest absolute Gasteiger partial charge is 1.00 e. The van der Waals surface area contributed by atoms with Gasteiger partial charge in [0.15, 0.2) is 0 Å². The van der Waals surface area contributed by atoms with Crippen LogP contribution in [0.1, 0.15) is 39.2 Å². The first-order valence-corrected chi connectivity index (χ1v) is 14.7. The van der Waals surface area contributed by atoms with Crippen LogP contribution in [0.4, 0.5) is 0 Å². The zero-order chi connectivity index (χ0) is 27.4. The second-order valence-electron chi connectivity index (χ2n) is 11.3. The van der Waals surface area contributed by atoms with Gasteiger partial charge < -0.3 is 16.9 Å². The number of benzene rings is 1. The second-order valence-corrected chi connectivity index (χ2v) is 12.5. The minimum atomic E-state index is 0. The number of halogens is 1. The zero-order valence-electron chi connectivity index (χ0n) is 23.9. The molecular formula is C30H34ClN9S. The molecule has 9 nitrogen and oxygen atoms in total. The Bertz CT molecular complexity index is 1740. The molecule has 212 valence electrons. The molecule has 0 atom stereocenters. The SMILES string of the molecule is Cc1cc(C)n2cc(C[N+]3(Cc4cn5c(C)cc(C)nc5n4)CCN(Cc4nc5ccccc5s4)CC3)nc2n1.[Cl-]. The summed E-state index contributed by atoms with van der Waals surface area (Å²) in [4.78, 5) is 26.8. The lowest BCUT2D eigenvalue weighted by Gasteiger charge is -2.44. The third-order valence-electron chi connectivity index (χ3n) is 8.10. The van der Waals surface area contributed by atoms with Crippen LogP contribution in [0.2, 0.25) is 0 Å². The Balaban J connectivity index is 0.00000302. The van der Waals surface area contributed by atoms with E-state index in [0.29, 0.717) is 0 Å². The van der Waals surface area contributed by atoms with E-state index in [2.05, 4.69) is 86.3 Å². The number of nitrogens with zero attached hydrogens (tertiary/aromatic N) is 9. The Labute approximate surface area is 249 Å². The van der Waals surface area contributed by atoms with Gasteiger partial charge in [0.1, 0.15) is 29.5 Å². The average molecular weight is 588 g/mol. The van der Waals surface area contributed by atoms with Crippen molar-refractivity contribution in [1.29, 1.82) is 0 Å². The van der Waals surface area contributed by atoms with Crippen molar-refractivity contribution in [2.24, 2.45) is 0 Å². The molecule has 1 aliphatic heterocycles. The van der Waals surface area contributed by atoms with Crippen LogP contribution in [0.3, 0.4) is 0 Å². The lowest BCUT2D eigenvalue weighted by atomic mass is 10.2. The van der Waals surface area contributed by atoms with E-state index in [1.807, 2.05) is 25.2 Å². The molecule has 11 heteroatoms. The van der Waals surface area contributed by atoms with Crippen molar-refractivity contribution in [3.63, 3.8) is 0 Å². The quantitative estimate of drug-likeness (QED) is 0.276. The maximum absolute atomic E-state index is 4.97. The van der Waals surface area contributed by atoms with E-state index in [1.165, 1.54) is 9.71 Å². The Morgan fingerprint density at radius 3 is 1.88 bits per heavy atom. The Morgan fingerprint density at radius 2 is 1.32 bits per heavy atom. The van der Waals surface area contributed by atoms with Gasteiger partial charge in [0.2, 0.25) is 11.6 Å². The van der Waals surface area contributed by atoms with Crippen LogP contribution in [0.5, 0.6) is 0 Å². The highest BCUT2D eigenvalue weighted by Crippen LogP contribution is 2.27. The standard InChI is InChI=1S/C30H34N9S.ClH/c1-20-13-22(3)37-15-24(33-29(37)31-20)18-39(19-25-16-38-23(4)14-21(2)32-30(38)34-25)11-9-36(10-12-39)17-28-35-26-7-5-6-8-27(26)40-28;/h5-8,13-16H,9-12,17-19H2,1-4H3;1H/q+1;/p-1. The lowest BCUT2D eigenvalue weighted by Crippen LogP contribution is -3.00. The minimum absolute atomic E-state index is 0. The number of piperazine rings is 1. The van der Waals surface area contributed by atoms with E-state index in [-0.39, 0.29) is 12.4 Å². The number of imidazole rings is 2. The molecular weight excluding hydrogens is 554 g/mol. The lowest BCUT2D eigenvalue weighted by molar-refractivity contribution is -0.957. The van der Waals surface area contributed by atoms with Crippen LogP contribution in [0.15, 0.2) is 48.8 Å². The van der Waals surface area contributed by atoms with Crippen LogP contribution in [0.25, 0.3) is 21.8 Å². The third kappa shape index (κ3) is 5.44. The van der Waals surface area contributed by atoms with Crippen LogP contribution in [-0.4, -0.2) is 69.3 Å². The summed E-state index contributed by atoms with van der Waals surface area (Å²) in [6.45, 7) is 14.9. The molecule has 6 aromatic rings. The molecule has 7 rings (SSSR count). The van der Waals surface area contributed by atoms with Gasteiger partial charge in [0, 0.05) is 48.3 Å². The van der Waals surface area contributed by atoms with E-state index < -0.39 is 0 Å². The van der Waals surface area contributed by atoms with Crippen molar-refractivity contribution in [1.82, 2.24) is 38.6 Å². The van der Waals surface area contributed by atoms with E-state index >= 15 is 0 Å². The summed E-state index contributed by atoms with van der Waals surface area (Å²) in [6.07, 6.45) is 4.34. The van der Waals surface area contributed by atoms with Crippen LogP contribution in [-0.2, 0) is 19.6 Å². The number of thiazole rings is 1. The summed E-state index contributed by atoms with van der Waals surface area (Å²) >= 11 is 1.81. The first-order valence-electron chi connectivity index (χ1n) is 13.9. The molecule has 6 heterocycles. The summed E-state index contributed by atoms with van der Waals surface area (Å²) in [7, 11) is 0. The Hall–Kier alpha value is -3.44.